The molecule has 0 saturated carbocycles. The third-order valence-electron chi connectivity index (χ3n) is 5.40. The molecule has 1 aliphatic rings. The molecule has 0 amide bonds. The van der Waals surface area contributed by atoms with Crippen LogP contribution in [0.5, 0.6) is 0 Å². The Bertz CT molecular complexity index is 1010. The van der Waals surface area contributed by atoms with Crippen molar-refractivity contribution in [2.75, 3.05) is 31.1 Å². The molecule has 0 bridgehead atoms. The van der Waals surface area contributed by atoms with E-state index in [4.69, 9.17) is 0 Å². The van der Waals surface area contributed by atoms with Gasteiger partial charge in [-0.15, -0.1) is 0 Å². The number of H-pyrrole nitrogens is 1. The summed E-state index contributed by atoms with van der Waals surface area (Å²) in [6.45, 7) is 8.63. The minimum Gasteiger partial charge on any atom is -0.369 e. The Morgan fingerprint density at radius 3 is 2.50 bits per heavy atom. The number of piperazine rings is 1. The minimum absolute atomic E-state index is 0.0693. The van der Waals surface area contributed by atoms with Crippen LogP contribution in [0, 0.1) is 13.8 Å². The number of pyridine rings is 1. The van der Waals surface area contributed by atoms with E-state index in [1.807, 2.05) is 31.5 Å². The van der Waals surface area contributed by atoms with Gasteiger partial charge < -0.3 is 9.88 Å². The van der Waals surface area contributed by atoms with Crippen molar-refractivity contribution in [3.63, 3.8) is 0 Å². The summed E-state index contributed by atoms with van der Waals surface area (Å²) in [5.41, 5.74) is 4.80. The van der Waals surface area contributed by atoms with Crippen molar-refractivity contribution < 1.29 is 0 Å². The molecule has 1 N–H and O–H groups in total. The zero-order chi connectivity index (χ0) is 19.5. The average molecular weight is 375 g/mol. The van der Waals surface area contributed by atoms with Crippen LogP contribution in [0.3, 0.4) is 0 Å². The molecule has 0 atom stereocenters. The molecule has 4 rings (SSSR count). The molecule has 0 radical (unpaired) electrons. The van der Waals surface area contributed by atoms with Crippen molar-refractivity contribution in [1.29, 1.82) is 0 Å². The highest BCUT2D eigenvalue weighted by Gasteiger charge is 2.17. The van der Waals surface area contributed by atoms with E-state index < -0.39 is 0 Å². The molecular formula is C22H25N5O. The molecule has 6 nitrogen and oxygen atoms in total. The zero-order valence-electron chi connectivity index (χ0n) is 16.4. The summed E-state index contributed by atoms with van der Waals surface area (Å²) in [5.74, 6) is 0.637. The van der Waals surface area contributed by atoms with E-state index in [0.717, 1.165) is 44.0 Å². The van der Waals surface area contributed by atoms with Gasteiger partial charge in [-0.1, -0.05) is 18.2 Å². The quantitative estimate of drug-likeness (QED) is 0.760. The first-order chi connectivity index (χ1) is 13.6. The fourth-order valence-corrected chi connectivity index (χ4v) is 3.58. The number of benzene rings is 1. The maximum atomic E-state index is 12.1. The van der Waals surface area contributed by atoms with Gasteiger partial charge in [0, 0.05) is 67.6 Å². The van der Waals surface area contributed by atoms with Crippen LogP contribution in [0.2, 0.25) is 0 Å². The third-order valence-corrected chi connectivity index (χ3v) is 5.40. The highest BCUT2D eigenvalue weighted by Crippen LogP contribution is 2.19. The Labute approximate surface area is 164 Å². The predicted octanol–water partition coefficient (Wildman–Crippen LogP) is 2.77. The van der Waals surface area contributed by atoms with Gasteiger partial charge in [-0.3, -0.25) is 14.7 Å². The molecule has 2 aromatic heterocycles. The zero-order valence-corrected chi connectivity index (χ0v) is 16.4. The number of nitrogens with one attached hydrogen (secondary N) is 1. The normalized spacial score (nSPS) is 15.0. The molecule has 3 aromatic rings. The van der Waals surface area contributed by atoms with Crippen molar-refractivity contribution in [2.45, 2.75) is 20.4 Å². The van der Waals surface area contributed by atoms with Gasteiger partial charge in [-0.25, -0.2) is 4.98 Å². The number of hydrogen-bond acceptors (Lipinski definition) is 5. The number of anilines is 1. The molecule has 1 saturated heterocycles. The van der Waals surface area contributed by atoms with Crippen LogP contribution < -0.4 is 10.5 Å². The van der Waals surface area contributed by atoms with E-state index in [2.05, 4.69) is 49.0 Å². The number of rotatable bonds is 4. The van der Waals surface area contributed by atoms with Crippen LogP contribution in [0.4, 0.5) is 5.69 Å². The van der Waals surface area contributed by atoms with E-state index in [0.29, 0.717) is 11.4 Å². The summed E-state index contributed by atoms with van der Waals surface area (Å²) in [4.78, 5) is 28.5. The van der Waals surface area contributed by atoms with Crippen molar-refractivity contribution >= 4 is 5.69 Å². The Morgan fingerprint density at radius 2 is 1.79 bits per heavy atom. The highest BCUT2D eigenvalue weighted by molar-refractivity contribution is 5.56. The monoisotopic (exact) mass is 375 g/mol. The Kier molecular flexibility index (Phi) is 5.21. The lowest BCUT2D eigenvalue weighted by atomic mass is 10.1. The number of hydrogen-bond donors (Lipinski definition) is 1. The van der Waals surface area contributed by atoms with Crippen LogP contribution in [0.15, 0.2) is 53.6 Å². The van der Waals surface area contributed by atoms with E-state index in [1.165, 1.54) is 11.3 Å². The van der Waals surface area contributed by atoms with Gasteiger partial charge >= 0.3 is 0 Å². The molecule has 0 aliphatic carbocycles. The van der Waals surface area contributed by atoms with Gasteiger partial charge in [0.15, 0.2) is 0 Å². The van der Waals surface area contributed by atoms with Crippen LogP contribution in [-0.4, -0.2) is 46.0 Å². The second-order valence-corrected chi connectivity index (χ2v) is 7.29. The van der Waals surface area contributed by atoms with E-state index >= 15 is 0 Å². The number of aromatic amines is 1. The maximum absolute atomic E-state index is 12.1. The fraction of sp³-hybridized carbons (Fsp3) is 0.318. The summed E-state index contributed by atoms with van der Waals surface area (Å²) in [6, 6.07) is 12.4. The molecule has 144 valence electrons. The molecule has 1 aromatic carbocycles. The van der Waals surface area contributed by atoms with Gasteiger partial charge in [0.2, 0.25) is 0 Å². The second-order valence-electron chi connectivity index (χ2n) is 7.29. The van der Waals surface area contributed by atoms with Crippen molar-refractivity contribution in [1.82, 2.24) is 19.9 Å². The molecule has 3 heterocycles. The predicted molar refractivity (Wildman–Crippen MR) is 111 cm³/mol. The molecule has 1 fully saturated rings. The van der Waals surface area contributed by atoms with E-state index in [-0.39, 0.29) is 5.56 Å². The highest BCUT2D eigenvalue weighted by atomic mass is 16.1. The molecule has 28 heavy (non-hydrogen) atoms. The first kappa shape index (κ1) is 18.4. The van der Waals surface area contributed by atoms with E-state index in [1.54, 1.807) is 6.92 Å². The van der Waals surface area contributed by atoms with Crippen LogP contribution in [0.25, 0.3) is 11.4 Å². The first-order valence-corrected chi connectivity index (χ1v) is 9.64. The van der Waals surface area contributed by atoms with E-state index in [9.17, 15) is 4.79 Å². The van der Waals surface area contributed by atoms with Crippen molar-refractivity contribution in [3.8, 4) is 11.4 Å². The number of nitrogens with zero attached hydrogens (tertiary/aromatic N) is 4. The summed E-state index contributed by atoms with van der Waals surface area (Å²) >= 11 is 0. The molecule has 1 aliphatic heterocycles. The maximum Gasteiger partial charge on any atom is 0.254 e. The van der Waals surface area contributed by atoms with Crippen LogP contribution >= 0.6 is 0 Å². The molecule has 6 heteroatoms. The Hall–Kier alpha value is -2.99. The molecule has 0 unspecified atom stereocenters. The van der Waals surface area contributed by atoms with Gasteiger partial charge in [-0.05, 0) is 37.6 Å². The van der Waals surface area contributed by atoms with Crippen molar-refractivity contribution in [2.24, 2.45) is 0 Å². The lowest BCUT2D eigenvalue weighted by Gasteiger charge is -2.36. The fourth-order valence-electron chi connectivity index (χ4n) is 3.58. The third kappa shape index (κ3) is 3.97. The first-order valence-electron chi connectivity index (χ1n) is 9.64. The van der Waals surface area contributed by atoms with Gasteiger partial charge in [0.1, 0.15) is 5.82 Å². The Balaban J connectivity index is 1.44. The topological polar surface area (TPSA) is 65.1 Å². The van der Waals surface area contributed by atoms with Gasteiger partial charge in [0.05, 0.1) is 0 Å². The summed E-state index contributed by atoms with van der Waals surface area (Å²) in [7, 11) is 0. The molecule has 0 spiro atoms. The largest absolute Gasteiger partial charge is 0.369 e. The van der Waals surface area contributed by atoms with Crippen molar-refractivity contribution in [3.05, 3.63) is 76.0 Å². The van der Waals surface area contributed by atoms with Gasteiger partial charge in [0.25, 0.3) is 5.56 Å². The smallest absolute Gasteiger partial charge is 0.254 e. The average Bonchev–Trinajstić information content (AvgIpc) is 2.73. The lowest BCUT2D eigenvalue weighted by molar-refractivity contribution is 0.250. The SMILES string of the molecule is Cc1nc(-c2cccc(CN3CCN(c4ccncc4)CC3)c2)[nH]c(=O)c1C. The number of aryl methyl sites for hydroxylation is 1. The standard InChI is InChI=1S/C22H25N5O/c1-16-17(2)24-21(25-22(16)28)19-5-3-4-18(14-19)15-26-10-12-27(13-11-26)20-6-8-23-9-7-20/h3-9,14H,10-13,15H2,1-2H3,(H,24,25,28). The Morgan fingerprint density at radius 1 is 1.04 bits per heavy atom. The lowest BCUT2D eigenvalue weighted by Crippen LogP contribution is -2.45. The second kappa shape index (κ2) is 7.94. The summed E-state index contributed by atoms with van der Waals surface area (Å²) in [6.07, 6.45) is 3.69. The summed E-state index contributed by atoms with van der Waals surface area (Å²) < 4.78 is 0. The number of aromatic nitrogens is 3. The summed E-state index contributed by atoms with van der Waals surface area (Å²) in [5, 5.41) is 0. The molecular weight excluding hydrogens is 350 g/mol. The van der Waals surface area contributed by atoms with Crippen LogP contribution in [-0.2, 0) is 6.54 Å². The van der Waals surface area contributed by atoms with Gasteiger partial charge in [-0.2, -0.15) is 0 Å². The minimum atomic E-state index is -0.0693. The van der Waals surface area contributed by atoms with Crippen LogP contribution in [0.1, 0.15) is 16.8 Å².